The van der Waals surface area contributed by atoms with Crippen LogP contribution >= 0.6 is 0 Å². The summed E-state index contributed by atoms with van der Waals surface area (Å²) in [5, 5.41) is 5.58. The van der Waals surface area contributed by atoms with E-state index < -0.39 is 0 Å². The summed E-state index contributed by atoms with van der Waals surface area (Å²) in [5.41, 5.74) is 1.92. The molecule has 23 heavy (non-hydrogen) atoms. The third-order valence-electron chi connectivity index (χ3n) is 3.22. The van der Waals surface area contributed by atoms with Crippen molar-refractivity contribution < 1.29 is 9.59 Å². The van der Waals surface area contributed by atoms with E-state index in [0.717, 1.165) is 0 Å². The predicted octanol–water partition coefficient (Wildman–Crippen LogP) is 2.82. The Balaban J connectivity index is 1.87. The second kappa shape index (κ2) is 7.81. The fourth-order valence-electron chi connectivity index (χ4n) is 2.12. The zero-order valence-electron chi connectivity index (χ0n) is 12.9. The molecule has 0 saturated heterocycles. The van der Waals surface area contributed by atoms with Gasteiger partial charge >= 0.3 is 0 Å². The van der Waals surface area contributed by atoms with Crippen molar-refractivity contribution in [2.24, 2.45) is 0 Å². The lowest BCUT2D eigenvalue weighted by Crippen LogP contribution is -2.35. The zero-order chi connectivity index (χ0) is 16.7. The van der Waals surface area contributed by atoms with Gasteiger partial charge in [0.25, 0.3) is 5.91 Å². The largest absolute Gasteiger partial charge is 0.349 e. The van der Waals surface area contributed by atoms with E-state index in [-0.39, 0.29) is 24.3 Å². The minimum absolute atomic E-state index is 0.179. The van der Waals surface area contributed by atoms with E-state index in [1.165, 1.54) is 0 Å². The summed E-state index contributed by atoms with van der Waals surface area (Å²) in [4.78, 5) is 24.0. The van der Waals surface area contributed by atoms with Crippen molar-refractivity contribution in [3.05, 3.63) is 65.7 Å². The molecular formula is C19H18N2O2. The van der Waals surface area contributed by atoms with Gasteiger partial charge in [-0.15, -0.1) is 6.42 Å². The molecule has 116 valence electrons. The highest BCUT2D eigenvalue weighted by Crippen LogP contribution is 2.10. The molecule has 1 atom stereocenters. The summed E-state index contributed by atoms with van der Waals surface area (Å²) in [6.07, 6.45) is 5.51. The molecule has 2 amide bonds. The summed E-state index contributed by atoms with van der Waals surface area (Å²) in [7, 11) is 0. The minimum Gasteiger partial charge on any atom is -0.349 e. The second-order valence-electron chi connectivity index (χ2n) is 5.22. The molecule has 0 radical (unpaired) electrons. The second-order valence-corrected chi connectivity index (χ2v) is 5.22. The van der Waals surface area contributed by atoms with Gasteiger partial charge in [0.2, 0.25) is 5.91 Å². The number of carbonyl (C=O) groups excluding carboxylic acids is 2. The first-order chi connectivity index (χ1) is 11.1. The van der Waals surface area contributed by atoms with Crippen molar-refractivity contribution in [1.82, 2.24) is 5.32 Å². The Morgan fingerprint density at radius 1 is 1.13 bits per heavy atom. The number of hydrogen-bond acceptors (Lipinski definition) is 2. The fraction of sp³-hybridized carbons (Fsp3) is 0.158. The van der Waals surface area contributed by atoms with Crippen LogP contribution in [0.4, 0.5) is 5.69 Å². The lowest BCUT2D eigenvalue weighted by molar-refractivity contribution is -0.116. The van der Waals surface area contributed by atoms with Crippen molar-refractivity contribution in [2.75, 3.05) is 5.32 Å². The van der Waals surface area contributed by atoms with Crippen molar-refractivity contribution in [1.29, 1.82) is 0 Å². The Hall–Kier alpha value is -3.06. The summed E-state index contributed by atoms with van der Waals surface area (Å²) in [5.74, 6) is 2.14. The first-order valence-corrected chi connectivity index (χ1v) is 7.31. The molecule has 0 saturated carbocycles. The Labute approximate surface area is 135 Å². The number of rotatable bonds is 5. The SMILES string of the molecule is C#Cc1cccc(NC(=O)CC(C)NC(=O)c2ccccc2)c1. The van der Waals surface area contributed by atoms with Gasteiger partial charge in [-0.3, -0.25) is 9.59 Å². The van der Waals surface area contributed by atoms with Gasteiger partial charge in [-0.1, -0.05) is 30.2 Å². The van der Waals surface area contributed by atoms with Crippen LogP contribution in [0.1, 0.15) is 29.3 Å². The van der Waals surface area contributed by atoms with Crippen LogP contribution in [0.3, 0.4) is 0 Å². The monoisotopic (exact) mass is 306 g/mol. The summed E-state index contributed by atoms with van der Waals surface area (Å²) in [6, 6.07) is 15.7. The maximum absolute atomic E-state index is 12.0. The quantitative estimate of drug-likeness (QED) is 0.835. The van der Waals surface area contributed by atoms with E-state index in [0.29, 0.717) is 16.8 Å². The molecule has 2 aromatic rings. The van der Waals surface area contributed by atoms with Gasteiger partial charge in [-0.2, -0.15) is 0 Å². The predicted molar refractivity (Wildman–Crippen MR) is 91.0 cm³/mol. The van der Waals surface area contributed by atoms with Gasteiger partial charge in [-0.05, 0) is 37.3 Å². The topological polar surface area (TPSA) is 58.2 Å². The van der Waals surface area contributed by atoms with Crippen LogP contribution in [0.2, 0.25) is 0 Å². The summed E-state index contributed by atoms with van der Waals surface area (Å²) in [6.45, 7) is 1.79. The normalized spacial score (nSPS) is 11.1. The van der Waals surface area contributed by atoms with Gasteiger partial charge < -0.3 is 10.6 Å². The molecule has 0 spiro atoms. The highest BCUT2D eigenvalue weighted by Gasteiger charge is 2.13. The van der Waals surface area contributed by atoms with Gasteiger partial charge in [-0.25, -0.2) is 0 Å². The summed E-state index contributed by atoms with van der Waals surface area (Å²) < 4.78 is 0. The van der Waals surface area contributed by atoms with Crippen molar-refractivity contribution in [2.45, 2.75) is 19.4 Å². The molecular weight excluding hydrogens is 288 g/mol. The number of amides is 2. The number of nitrogens with one attached hydrogen (secondary N) is 2. The molecule has 0 aromatic heterocycles. The highest BCUT2D eigenvalue weighted by atomic mass is 16.2. The molecule has 2 N–H and O–H groups in total. The fourth-order valence-corrected chi connectivity index (χ4v) is 2.12. The van der Waals surface area contributed by atoms with Crippen molar-refractivity contribution >= 4 is 17.5 Å². The lowest BCUT2D eigenvalue weighted by Gasteiger charge is -2.14. The van der Waals surface area contributed by atoms with E-state index in [4.69, 9.17) is 6.42 Å². The number of anilines is 1. The molecule has 0 aliphatic heterocycles. The number of hydrogen-bond donors (Lipinski definition) is 2. The molecule has 2 rings (SSSR count). The Morgan fingerprint density at radius 3 is 2.57 bits per heavy atom. The van der Waals surface area contributed by atoms with Gasteiger partial charge in [0.05, 0.1) is 0 Å². The standard InChI is InChI=1S/C19H18N2O2/c1-3-15-8-7-11-17(13-15)21-18(22)12-14(2)20-19(23)16-9-5-4-6-10-16/h1,4-11,13-14H,12H2,2H3,(H,20,23)(H,21,22). The van der Waals surface area contributed by atoms with Crippen LogP contribution in [0.25, 0.3) is 0 Å². The molecule has 4 heteroatoms. The third kappa shape index (κ3) is 5.01. The third-order valence-corrected chi connectivity index (χ3v) is 3.22. The van der Waals surface area contributed by atoms with E-state index in [9.17, 15) is 9.59 Å². The Morgan fingerprint density at radius 2 is 1.87 bits per heavy atom. The van der Waals surface area contributed by atoms with Crippen LogP contribution < -0.4 is 10.6 Å². The molecule has 0 fully saturated rings. The maximum atomic E-state index is 12.0. The molecule has 0 aliphatic rings. The van der Waals surface area contributed by atoms with Crippen LogP contribution in [0, 0.1) is 12.3 Å². The van der Waals surface area contributed by atoms with Crippen LogP contribution in [-0.4, -0.2) is 17.9 Å². The maximum Gasteiger partial charge on any atom is 0.251 e. The molecule has 0 aliphatic carbocycles. The van der Waals surface area contributed by atoms with Gasteiger partial charge in [0.1, 0.15) is 0 Å². The van der Waals surface area contributed by atoms with E-state index in [1.807, 2.05) is 6.07 Å². The van der Waals surface area contributed by atoms with Crippen LogP contribution in [0.5, 0.6) is 0 Å². The van der Waals surface area contributed by atoms with Gasteiger partial charge in [0, 0.05) is 29.3 Å². The number of terminal acetylenes is 1. The average molecular weight is 306 g/mol. The van der Waals surface area contributed by atoms with E-state index >= 15 is 0 Å². The smallest absolute Gasteiger partial charge is 0.251 e. The highest BCUT2D eigenvalue weighted by molar-refractivity contribution is 5.95. The average Bonchev–Trinajstić information content (AvgIpc) is 2.55. The first kappa shape index (κ1) is 16.3. The molecule has 1 unspecified atom stereocenters. The number of benzene rings is 2. The molecule has 4 nitrogen and oxygen atoms in total. The molecule has 2 aromatic carbocycles. The minimum atomic E-state index is -0.279. The van der Waals surface area contributed by atoms with Gasteiger partial charge in [0.15, 0.2) is 0 Å². The van der Waals surface area contributed by atoms with Crippen LogP contribution in [0.15, 0.2) is 54.6 Å². The van der Waals surface area contributed by atoms with E-state index in [2.05, 4.69) is 16.6 Å². The van der Waals surface area contributed by atoms with Crippen molar-refractivity contribution in [3.8, 4) is 12.3 Å². The zero-order valence-corrected chi connectivity index (χ0v) is 12.9. The van der Waals surface area contributed by atoms with Crippen molar-refractivity contribution in [3.63, 3.8) is 0 Å². The Kier molecular flexibility index (Phi) is 5.54. The number of carbonyl (C=O) groups is 2. The van der Waals surface area contributed by atoms with E-state index in [1.54, 1.807) is 55.5 Å². The first-order valence-electron chi connectivity index (χ1n) is 7.31. The summed E-state index contributed by atoms with van der Waals surface area (Å²) >= 11 is 0. The van der Waals surface area contributed by atoms with Crippen LogP contribution in [-0.2, 0) is 4.79 Å². The molecule has 0 bridgehead atoms. The lowest BCUT2D eigenvalue weighted by atomic mass is 10.1. The Bertz CT molecular complexity index is 733. The molecule has 0 heterocycles.